The van der Waals surface area contributed by atoms with Crippen molar-refractivity contribution >= 4 is 5.91 Å². The molecule has 1 saturated heterocycles. The molecule has 210 valence electrons. The molecule has 0 unspecified atom stereocenters. The molecule has 8 heteroatoms. The van der Waals surface area contributed by atoms with Gasteiger partial charge in [-0.25, -0.2) is 4.68 Å². The Balaban J connectivity index is 1.27. The van der Waals surface area contributed by atoms with Crippen molar-refractivity contribution in [1.82, 2.24) is 20.0 Å². The molecule has 0 saturated carbocycles. The van der Waals surface area contributed by atoms with Gasteiger partial charge in [0.25, 0.3) is 0 Å². The topological polar surface area (TPSA) is 77.9 Å². The largest absolute Gasteiger partial charge is 0.493 e. The first-order valence-electron chi connectivity index (χ1n) is 13.8. The zero-order chi connectivity index (χ0) is 27.8. The molecular weight excluding hydrogens is 492 g/mol. The third kappa shape index (κ3) is 7.53. The second-order valence-electron chi connectivity index (χ2n) is 10.7. The summed E-state index contributed by atoms with van der Waals surface area (Å²) in [5.74, 6) is 3.10. The molecule has 0 atom stereocenters. The number of aromatic nitrogens is 2. The summed E-state index contributed by atoms with van der Waals surface area (Å²) in [6.07, 6.45) is 3.97. The molecule has 0 radical (unpaired) electrons. The highest BCUT2D eigenvalue weighted by Crippen LogP contribution is 2.39. The molecule has 0 bridgehead atoms. The molecule has 1 amide bonds. The lowest BCUT2D eigenvalue weighted by Gasteiger charge is -2.31. The van der Waals surface area contributed by atoms with Gasteiger partial charge < -0.3 is 19.5 Å². The van der Waals surface area contributed by atoms with Gasteiger partial charge in [-0.2, -0.15) is 5.10 Å². The van der Waals surface area contributed by atoms with Gasteiger partial charge >= 0.3 is 0 Å². The van der Waals surface area contributed by atoms with E-state index >= 15 is 0 Å². The van der Waals surface area contributed by atoms with Gasteiger partial charge in [-0.05, 0) is 86.5 Å². The van der Waals surface area contributed by atoms with Crippen LogP contribution < -0.4 is 19.5 Å². The second-order valence-corrected chi connectivity index (χ2v) is 10.7. The zero-order valence-electron chi connectivity index (χ0n) is 23.9. The van der Waals surface area contributed by atoms with Crippen LogP contribution in [0.25, 0.3) is 5.69 Å². The first-order valence-corrected chi connectivity index (χ1v) is 13.8. The molecule has 1 aliphatic heterocycles. The minimum atomic E-state index is 0.0396. The first-order chi connectivity index (χ1) is 18.9. The number of piperidine rings is 1. The monoisotopic (exact) mass is 534 g/mol. The van der Waals surface area contributed by atoms with Crippen molar-refractivity contribution in [2.24, 2.45) is 11.8 Å². The normalized spacial score (nSPS) is 14.4. The lowest BCUT2D eigenvalue weighted by molar-refractivity contribution is -0.122. The molecule has 2 aromatic carbocycles. The van der Waals surface area contributed by atoms with Crippen molar-refractivity contribution in [2.75, 3.05) is 41.0 Å². The molecule has 1 aromatic heterocycles. The number of carbonyl (C=O) groups is 1. The SMILES string of the molecule is COc1cc(CC2CCN(CC(=O)NCc3cc(CC(C)C)n(-c4ccccc4)n3)CC2)cc(OC)c1OC. The predicted molar refractivity (Wildman–Crippen MR) is 153 cm³/mol. The van der Waals surface area contributed by atoms with E-state index in [1.54, 1.807) is 21.3 Å². The lowest BCUT2D eigenvalue weighted by atomic mass is 9.90. The smallest absolute Gasteiger partial charge is 0.234 e. The van der Waals surface area contributed by atoms with Gasteiger partial charge in [0, 0.05) is 5.69 Å². The van der Waals surface area contributed by atoms with E-state index in [1.807, 2.05) is 35.0 Å². The Bertz CT molecular complexity index is 1190. The molecule has 3 aromatic rings. The molecule has 1 N–H and O–H groups in total. The maximum absolute atomic E-state index is 12.8. The van der Waals surface area contributed by atoms with Crippen LogP contribution in [0.15, 0.2) is 48.5 Å². The summed E-state index contributed by atoms with van der Waals surface area (Å²) in [5, 5.41) is 7.88. The summed E-state index contributed by atoms with van der Waals surface area (Å²) in [6.45, 7) is 7.07. The number of benzene rings is 2. The Kier molecular flexibility index (Phi) is 9.87. The van der Waals surface area contributed by atoms with E-state index in [4.69, 9.17) is 19.3 Å². The number of hydrogen-bond acceptors (Lipinski definition) is 6. The summed E-state index contributed by atoms with van der Waals surface area (Å²) in [5.41, 5.74) is 4.26. The minimum Gasteiger partial charge on any atom is -0.493 e. The van der Waals surface area contributed by atoms with E-state index < -0.39 is 0 Å². The van der Waals surface area contributed by atoms with Crippen molar-refractivity contribution in [3.05, 3.63) is 65.5 Å². The number of amides is 1. The Morgan fingerprint density at radius 1 is 1.00 bits per heavy atom. The van der Waals surface area contributed by atoms with E-state index in [0.717, 1.165) is 55.8 Å². The minimum absolute atomic E-state index is 0.0396. The number of nitrogens with zero attached hydrogens (tertiary/aromatic N) is 3. The molecule has 1 aliphatic rings. The van der Waals surface area contributed by atoms with Gasteiger partial charge in [0.2, 0.25) is 11.7 Å². The van der Waals surface area contributed by atoms with Crippen LogP contribution in [0.4, 0.5) is 0 Å². The van der Waals surface area contributed by atoms with Crippen molar-refractivity contribution in [1.29, 1.82) is 0 Å². The average molecular weight is 535 g/mol. The zero-order valence-corrected chi connectivity index (χ0v) is 23.9. The number of ether oxygens (including phenoxy) is 3. The maximum Gasteiger partial charge on any atom is 0.234 e. The fourth-order valence-corrected chi connectivity index (χ4v) is 5.30. The standard InChI is InChI=1S/C31H42N4O4/c1-22(2)15-27-19-25(33-35(27)26-9-7-6-8-10-26)20-32-30(36)21-34-13-11-23(12-14-34)16-24-17-28(37-3)31(39-5)29(18-24)38-4/h6-10,17-19,22-23H,11-16,20-21H2,1-5H3,(H,32,36). The Hall–Kier alpha value is -3.52. The van der Waals surface area contributed by atoms with Gasteiger partial charge in [0.15, 0.2) is 11.5 Å². The summed E-state index contributed by atoms with van der Waals surface area (Å²) in [6, 6.07) is 16.3. The van der Waals surface area contributed by atoms with Crippen LogP contribution >= 0.6 is 0 Å². The number of rotatable bonds is 12. The second kappa shape index (κ2) is 13.5. The molecule has 39 heavy (non-hydrogen) atoms. The highest BCUT2D eigenvalue weighted by molar-refractivity contribution is 5.78. The van der Waals surface area contributed by atoms with Crippen molar-refractivity contribution in [2.45, 2.75) is 46.1 Å². The molecule has 0 aliphatic carbocycles. The first kappa shape index (κ1) is 28.5. The average Bonchev–Trinajstić information content (AvgIpc) is 3.34. The number of methoxy groups -OCH3 is 3. The van der Waals surface area contributed by atoms with Gasteiger partial charge in [-0.3, -0.25) is 9.69 Å². The third-order valence-corrected chi connectivity index (χ3v) is 7.24. The Morgan fingerprint density at radius 3 is 2.26 bits per heavy atom. The van der Waals surface area contributed by atoms with Crippen molar-refractivity contribution < 1.29 is 19.0 Å². The predicted octanol–water partition coefficient (Wildman–Crippen LogP) is 4.67. The number of carbonyl (C=O) groups excluding carboxylic acids is 1. The van der Waals surface area contributed by atoms with E-state index in [-0.39, 0.29) is 5.91 Å². The molecule has 8 nitrogen and oxygen atoms in total. The van der Waals surface area contributed by atoms with E-state index in [2.05, 4.69) is 42.3 Å². The van der Waals surface area contributed by atoms with Crippen LogP contribution in [0.3, 0.4) is 0 Å². The van der Waals surface area contributed by atoms with Crippen LogP contribution in [0.2, 0.25) is 0 Å². The van der Waals surface area contributed by atoms with Crippen LogP contribution in [-0.4, -0.2) is 61.6 Å². The van der Waals surface area contributed by atoms with Crippen molar-refractivity contribution in [3.8, 4) is 22.9 Å². The molecule has 1 fully saturated rings. The van der Waals surface area contributed by atoms with Crippen LogP contribution in [-0.2, 0) is 24.2 Å². The Morgan fingerprint density at radius 2 is 1.67 bits per heavy atom. The van der Waals surface area contributed by atoms with E-state index in [9.17, 15) is 4.79 Å². The number of para-hydroxylation sites is 1. The van der Waals surface area contributed by atoms with Gasteiger partial charge in [-0.15, -0.1) is 0 Å². The quantitative estimate of drug-likeness (QED) is 0.364. The van der Waals surface area contributed by atoms with E-state index in [0.29, 0.717) is 42.2 Å². The number of likely N-dealkylation sites (tertiary alicyclic amines) is 1. The van der Waals surface area contributed by atoms with Crippen LogP contribution in [0, 0.1) is 11.8 Å². The van der Waals surface area contributed by atoms with Gasteiger partial charge in [0.1, 0.15) is 0 Å². The molecular formula is C31H42N4O4. The van der Waals surface area contributed by atoms with Gasteiger partial charge in [0.05, 0.1) is 45.8 Å². The summed E-state index contributed by atoms with van der Waals surface area (Å²) >= 11 is 0. The van der Waals surface area contributed by atoms with E-state index in [1.165, 1.54) is 5.56 Å². The van der Waals surface area contributed by atoms with Crippen LogP contribution in [0.5, 0.6) is 17.2 Å². The lowest BCUT2D eigenvalue weighted by Crippen LogP contribution is -2.41. The fourth-order valence-electron chi connectivity index (χ4n) is 5.30. The molecule has 2 heterocycles. The van der Waals surface area contributed by atoms with Crippen LogP contribution in [0.1, 0.15) is 43.6 Å². The highest BCUT2D eigenvalue weighted by atomic mass is 16.5. The molecule has 4 rings (SSSR count). The summed E-state index contributed by atoms with van der Waals surface area (Å²) < 4.78 is 18.5. The third-order valence-electron chi connectivity index (χ3n) is 7.24. The molecule has 0 spiro atoms. The van der Waals surface area contributed by atoms with Gasteiger partial charge in [-0.1, -0.05) is 32.0 Å². The highest BCUT2D eigenvalue weighted by Gasteiger charge is 2.23. The summed E-state index contributed by atoms with van der Waals surface area (Å²) in [7, 11) is 4.90. The van der Waals surface area contributed by atoms with Crippen molar-refractivity contribution in [3.63, 3.8) is 0 Å². The summed E-state index contributed by atoms with van der Waals surface area (Å²) in [4.78, 5) is 15.0. The maximum atomic E-state index is 12.8. The number of hydrogen-bond donors (Lipinski definition) is 1. The fraction of sp³-hybridized carbons (Fsp3) is 0.484. The number of nitrogens with one attached hydrogen (secondary N) is 1. The Labute approximate surface area is 232 Å².